The van der Waals surface area contributed by atoms with E-state index in [1.165, 1.54) is 6.26 Å². The second kappa shape index (κ2) is 7.47. The number of furan rings is 1. The van der Waals surface area contributed by atoms with E-state index in [4.69, 9.17) is 4.42 Å². The number of carbonyl (C=O) groups excluding carboxylic acids is 2. The van der Waals surface area contributed by atoms with Gasteiger partial charge in [0, 0.05) is 27.7 Å². The molecule has 0 bridgehead atoms. The van der Waals surface area contributed by atoms with Crippen LogP contribution in [0.1, 0.15) is 26.5 Å². The van der Waals surface area contributed by atoms with Crippen LogP contribution in [0.2, 0.25) is 0 Å². The number of rotatable bonds is 5. The molecule has 2 aromatic heterocycles. The van der Waals surface area contributed by atoms with Crippen LogP contribution in [0.25, 0.3) is 10.1 Å². The van der Waals surface area contributed by atoms with Gasteiger partial charge in [0.15, 0.2) is 5.76 Å². The molecule has 0 aliphatic rings. The first kappa shape index (κ1) is 17.1. The summed E-state index contributed by atoms with van der Waals surface area (Å²) in [4.78, 5) is 24.4. The lowest BCUT2D eigenvalue weighted by Crippen LogP contribution is -2.22. The maximum Gasteiger partial charge on any atom is 0.291 e. The Labute approximate surface area is 159 Å². The summed E-state index contributed by atoms with van der Waals surface area (Å²) < 4.78 is 6.16. The molecule has 0 aliphatic carbocycles. The highest BCUT2D eigenvalue weighted by Gasteiger charge is 2.12. The van der Waals surface area contributed by atoms with Crippen LogP contribution in [0, 0.1) is 0 Å². The molecule has 0 fully saturated rings. The Bertz CT molecular complexity index is 1080. The van der Waals surface area contributed by atoms with Crippen molar-refractivity contribution in [3.63, 3.8) is 0 Å². The van der Waals surface area contributed by atoms with Crippen molar-refractivity contribution in [2.75, 3.05) is 5.32 Å². The highest BCUT2D eigenvalue weighted by molar-refractivity contribution is 7.17. The average Bonchev–Trinajstić information content (AvgIpc) is 3.37. The first-order valence-electron chi connectivity index (χ1n) is 8.39. The zero-order chi connectivity index (χ0) is 18.6. The van der Waals surface area contributed by atoms with Crippen LogP contribution in [0.3, 0.4) is 0 Å². The fourth-order valence-electron chi connectivity index (χ4n) is 2.74. The minimum atomic E-state index is -0.301. The van der Waals surface area contributed by atoms with Crippen LogP contribution in [0.5, 0.6) is 0 Å². The van der Waals surface area contributed by atoms with Gasteiger partial charge in [-0.15, -0.1) is 11.3 Å². The highest BCUT2D eigenvalue weighted by Crippen LogP contribution is 2.25. The van der Waals surface area contributed by atoms with Crippen LogP contribution < -0.4 is 10.6 Å². The predicted octanol–water partition coefficient (Wildman–Crippen LogP) is 4.68. The number of hydrogen-bond acceptors (Lipinski definition) is 4. The number of hydrogen-bond donors (Lipinski definition) is 2. The van der Waals surface area contributed by atoms with E-state index >= 15 is 0 Å². The normalized spacial score (nSPS) is 10.7. The molecule has 134 valence electrons. The summed E-state index contributed by atoms with van der Waals surface area (Å²) in [5.74, 6) is -0.137. The topological polar surface area (TPSA) is 71.3 Å². The predicted molar refractivity (Wildman–Crippen MR) is 106 cm³/mol. The zero-order valence-electron chi connectivity index (χ0n) is 14.3. The van der Waals surface area contributed by atoms with E-state index in [0.29, 0.717) is 17.8 Å². The SMILES string of the molecule is O=C(Nc1ccc(CNC(=O)c2csc3ccccc23)cc1)c1ccco1. The lowest BCUT2D eigenvalue weighted by atomic mass is 10.1. The van der Waals surface area contributed by atoms with Crippen molar-refractivity contribution >= 4 is 38.9 Å². The second-order valence-electron chi connectivity index (χ2n) is 5.96. The Kier molecular flexibility index (Phi) is 4.72. The van der Waals surface area contributed by atoms with Gasteiger partial charge in [0.25, 0.3) is 11.8 Å². The third-order valence-corrected chi connectivity index (χ3v) is 5.10. The molecule has 2 heterocycles. The Morgan fingerprint density at radius 3 is 2.52 bits per heavy atom. The Morgan fingerprint density at radius 1 is 0.926 bits per heavy atom. The molecule has 27 heavy (non-hydrogen) atoms. The molecule has 6 heteroatoms. The molecule has 0 radical (unpaired) electrons. The minimum Gasteiger partial charge on any atom is -0.459 e. The molecule has 5 nitrogen and oxygen atoms in total. The summed E-state index contributed by atoms with van der Waals surface area (Å²) in [6.45, 7) is 0.412. The summed E-state index contributed by atoms with van der Waals surface area (Å²) in [5.41, 5.74) is 2.30. The highest BCUT2D eigenvalue weighted by atomic mass is 32.1. The quantitative estimate of drug-likeness (QED) is 0.531. The largest absolute Gasteiger partial charge is 0.459 e. The molecular formula is C21H16N2O3S. The fraction of sp³-hybridized carbons (Fsp3) is 0.0476. The summed E-state index contributed by atoms with van der Waals surface area (Å²) in [5, 5.41) is 8.55. The number of amides is 2. The first-order chi connectivity index (χ1) is 13.2. The lowest BCUT2D eigenvalue weighted by molar-refractivity contribution is 0.0951. The van der Waals surface area contributed by atoms with E-state index in [2.05, 4.69) is 10.6 Å². The number of nitrogens with one attached hydrogen (secondary N) is 2. The van der Waals surface area contributed by atoms with Gasteiger partial charge in [-0.1, -0.05) is 30.3 Å². The van der Waals surface area contributed by atoms with Gasteiger partial charge in [0.1, 0.15) is 0 Å². The van der Waals surface area contributed by atoms with Gasteiger partial charge in [-0.25, -0.2) is 0 Å². The van der Waals surface area contributed by atoms with E-state index in [9.17, 15) is 9.59 Å². The van der Waals surface area contributed by atoms with Crippen LogP contribution in [-0.2, 0) is 6.54 Å². The smallest absolute Gasteiger partial charge is 0.291 e. The van der Waals surface area contributed by atoms with Crippen molar-refractivity contribution in [2.45, 2.75) is 6.54 Å². The van der Waals surface area contributed by atoms with Crippen molar-refractivity contribution in [1.29, 1.82) is 0 Å². The number of carbonyl (C=O) groups is 2. The molecule has 0 saturated carbocycles. The van der Waals surface area contributed by atoms with E-state index in [-0.39, 0.29) is 17.6 Å². The first-order valence-corrected chi connectivity index (χ1v) is 9.27. The minimum absolute atomic E-state index is 0.0948. The van der Waals surface area contributed by atoms with Crippen molar-refractivity contribution in [1.82, 2.24) is 5.32 Å². The van der Waals surface area contributed by atoms with E-state index in [1.54, 1.807) is 35.6 Å². The molecule has 2 aromatic carbocycles. The number of anilines is 1. The molecule has 4 rings (SSSR count). The number of thiophene rings is 1. The standard InChI is InChI=1S/C21H16N2O3S/c24-20(17-13-27-19-6-2-1-4-16(17)19)22-12-14-7-9-15(10-8-14)23-21(25)18-5-3-11-26-18/h1-11,13H,12H2,(H,22,24)(H,23,25). The van der Waals surface area contributed by atoms with Gasteiger partial charge >= 0.3 is 0 Å². The molecule has 2 N–H and O–H groups in total. The van der Waals surface area contributed by atoms with Gasteiger partial charge in [0.05, 0.1) is 11.8 Å². The van der Waals surface area contributed by atoms with E-state index in [1.807, 2.05) is 41.8 Å². The molecular weight excluding hydrogens is 360 g/mol. The summed E-state index contributed by atoms with van der Waals surface area (Å²) in [7, 11) is 0. The van der Waals surface area contributed by atoms with Gasteiger partial charge < -0.3 is 15.1 Å². The average molecular weight is 376 g/mol. The fourth-order valence-corrected chi connectivity index (χ4v) is 3.68. The third-order valence-electron chi connectivity index (χ3n) is 4.14. The van der Waals surface area contributed by atoms with Gasteiger partial charge in [-0.2, -0.15) is 0 Å². The molecule has 0 atom stereocenters. The molecule has 0 unspecified atom stereocenters. The van der Waals surface area contributed by atoms with Gasteiger partial charge in [0.2, 0.25) is 0 Å². The van der Waals surface area contributed by atoms with Gasteiger partial charge in [-0.3, -0.25) is 9.59 Å². The number of fused-ring (bicyclic) bond motifs is 1. The summed E-state index contributed by atoms with van der Waals surface area (Å²) >= 11 is 1.56. The number of benzene rings is 2. The second-order valence-corrected chi connectivity index (χ2v) is 6.87. The Morgan fingerprint density at radius 2 is 1.74 bits per heavy atom. The van der Waals surface area contributed by atoms with Crippen molar-refractivity contribution in [2.24, 2.45) is 0 Å². The summed E-state index contributed by atoms with van der Waals surface area (Å²) in [6.07, 6.45) is 1.46. The van der Waals surface area contributed by atoms with Crippen LogP contribution in [0.15, 0.2) is 76.7 Å². The Hall–Kier alpha value is -3.38. The van der Waals surface area contributed by atoms with Crippen molar-refractivity contribution < 1.29 is 14.0 Å². The molecule has 4 aromatic rings. The summed E-state index contributed by atoms with van der Waals surface area (Å²) in [6, 6.07) is 18.4. The molecule has 2 amide bonds. The van der Waals surface area contributed by atoms with Gasteiger partial charge in [-0.05, 0) is 35.9 Å². The Balaban J connectivity index is 1.37. The molecule has 0 saturated heterocycles. The van der Waals surface area contributed by atoms with Crippen molar-refractivity contribution in [3.8, 4) is 0 Å². The van der Waals surface area contributed by atoms with E-state index in [0.717, 1.165) is 15.6 Å². The monoisotopic (exact) mass is 376 g/mol. The van der Waals surface area contributed by atoms with Crippen LogP contribution >= 0.6 is 11.3 Å². The zero-order valence-corrected chi connectivity index (χ0v) is 15.1. The maximum atomic E-state index is 12.5. The maximum absolute atomic E-state index is 12.5. The molecule has 0 aliphatic heterocycles. The molecule has 0 spiro atoms. The lowest BCUT2D eigenvalue weighted by Gasteiger charge is -2.07. The van der Waals surface area contributed by atoms with Crippen LogP contribution in [0.4, 0.5) is 5.69 Å². The third kappa shape index (κ3) is 3.75. The van der Waals surface area contributed by atoms with Crippen LogP contribution in [-0.4, -0.2) is 11.8 Å². The van der Waals surface area contributed by atoms with E-state index < -0.39 is 0 Å². The van der Waals surface area contributed by atoms with Crippen molar-refractivity contribution in [3.05, 3.63) is 89.2 Å².